The number of rotatable bonds is 3. The minimum absolute atomic E-state index is 0.320. The average Bonchev–Trinajstić information content (AvgIpc) is 2.65. The first-order valence-electron chi connectivity index (χ1n) is 4.63. The van der Waals surface area contributed by atoms with E-state index in [1.807, 2.05) is 18.2 Å². The number of nitrogens with two attached hydrogens (primary N) is 1. The molecule has 0 radical (unpaired) electrons. The third-order valence-corrected chi connectivity index (χ3v) is 2.31. The Morgan fingerprint density at radius 3 is 2.67 bits per heavy atom. The maximum Gasteiger partial charge on any atom is 0.169 e. The molecule has 80 valence electrons. The van der Waals surface area contributed by atoms with E-state index in [-0.39, 0.29) is 0 Å². The fourth-order valence-corrected chi connectivity index (χ4v) is 1.59. The Kier molecular flexibility index (Phi) is 2.51. The molecule has 0 aliphatic heterocycles. The third kappa shape index (κ3) is 1.53. The molecule has 0 fully saturated rings. The van der Waals surface area contributed by atoms with Crippen molar-refractivity contribution in [2.75, 3.05) is 14.2 Å². The van der Waals surface area contributed by atoms with Gasteiger partial charge in [0.25, 0.3) is 0 Å². The van der Waals surface area contributed by atoms with Crippen LogP contribution < -0.4 is 15.2 Å². The normalized spacial score (nSPS) is 10.6. The zero-order chi connectivity index (χ0) is 10.8. The standard InChI is InChI=1S/C11H13NO3/c1-13-7-3-4-9-8(5-7)11(14-2)10(6-12)15-9/h3-5H,6,12H2,1-2H3. The Bertz CT molecular complexity index is 476. The molecule has 2 N–H and O–H groups in total. The summed E-state index contributed by atoms with van der Waals surface area (Å²) in [5, 5.41) is 0.886. The van der Waals surface area contributed by atoms with Gasteiger partial charge in [0.1, 0.15) is 11.3 Å². The predicted molar refractivity (Wildman–Crippen MR) is 57.2 cm³/mol. The fourth-order valence-electron chi connectivity index (χ4n) is 1.59. The van der Waals surface area contributed by atoms with Crippen molar-refractivity contribution >= 4 is 11.0 Å². The van der Waals surface area contributed by atoms with Crippen LogP contribution in [0.3, 0.4) is 0 Å². The number of hydrogen-bond donors (Lipinski definition) is 1. The first-order valence-corrected chi connectivity index (χ1v) is 4.63. The summed E-state index contributed by atoms with van der Waals surface area (Å²) in [7, 11) is 3.22. The van der Waals surface area contributed by atoms with Gasteiger partial charge >= 0.3 is 0 Å². The highest BCUT2D eigenvalue weighted by atomic mass is 16.5. The van der Waals surface area contributed by atoms with Gasteiger partial charge in [-0.05, 0) is 18.2 Å². The molecular formula is C11H13NO3. The third-order valence-electron chi connectivity index (χ3n) is 2.31. The van der Waals surface area contributed by atoms with Crippen molar-refractivity contribution in [3.63, 3.8) is 0 Å². The quantitative estimate of drug-likeness (QED) is 0.835. The maximum atomic E-state index is 5.56. The molecule has 0 atom stereocenters. The number of furan rings is 1. The molecule has 0 saturated carbocycles. The van der Waals surface area contributed by atoms with Gasteiger partial charge in [0, 0.05) is 0 Å². The molecule has 1 aromatic heterocycles. The minimum atomic E-state index is 0.320. The highest BCUT2D eigenvalue weighted by molar-refractivity contribution is 5.86. The molecular weight excluding hydrogens is 194 g/mol. The second-order valence-corrected chi connectivity index (χ2v) is 3.12. The van der Waals surface area contributed by atoms with Gasteiger partial charge in [0.2, 0.25) is 0 Å². The van der Waals surface area contributed by atoms with Crippen molar-refractivity contribution in [2.45, 2.75) is 6.54 Å². The predicted octanol–water partition coefficient (Wildman–Crippen LogP) is 1.91. The first-order chi connectivity index (χ1) is 7.30. The van der Waals surface area contributed by atoms with E-state index in [1.54, 1.807) is 14.2 Å². The lowest BCUT2D eigenvalue weighted by Gasteiger charge is -2.00. The van der Waals surface area contributed by atoms with Crippen LogP contribution in [0.1, 0.15) is 5.76 Å². The molecule has 0 aliphatic carbocycles. The van der Waals surface area contributed by atoms with Crippen LogP contribution in [0, 0.1) is 0 Å². The molecule has 2 rings (SSSR count). The van der Waals surface area contributed by atoms with Crippen LogP contribution in [0.4, 0.5) is 0 Å². The van der Waals surface area contributed by atoms with E-state index in [0.717, 1.165) is 16.7 Å². The lowest BCUT2D eigenvalue weighted by molar-refractivity contribution is 0.396. The van der Waals surface area contributed by atoms with Crippen LogP contribution in [-0.2, 0) is 6.54 Å². The summed E-state index contributed by atoms with van der Waals surface area (Å²) in [6, 6.07) is 5.55. The van der Waals surface area contributed by atoms with E-state index in [2.05, 4.69) is 0 Å². The van der Waals surface area contributed by atoms with E-state index in [1.165, 1.54) is 0 Å². The van der Waals surface area contributed by atoms with Gasteiger partial charge in [0.15, 0.2) is 11.5 Å². The lowest BCUT2D eigenvalue weighted by Crippen LogP contribution is -1.96. The van der Waals surface area contributed by atoms with Crippen LogP contribution >= 0.6 is 0 Å². The molecule has 0 amide bonds. The molecule has 0 saturated heterocycles. The van der Waals surface area contributed by atoms with Crippen molar-refractivity contribution in [2.24, 2.45) is 5.73 Å². The highest BCUT2D eigenvalue weighted by Gasteiger charge is 2.13. The molecule has 1 heterocycles. The Balaban J connectivity index is 2.67. The Morgan fingerprint density at radius 1 is 1.27 bits per heavy atom. The average molecular weight is 207 g/mol. The molecule has 0 spiro atoms. The van der Waals surface area contributed by atoms with Gasteiger partial charge in [-0.15, -0.1) is 0 Å². The number of benzene rings is 1. The molecule has 4 heteroatoms. The van der Waals surface area contributed by atoms with E-state index >= 15 is 0 Å². The van der Waals surface area contributed by atoms with E-state index < -0.39 is 0 Å². The monoisotopic (exact) mass is 207 g/mol. The smallest absolute Gasteiger partial charge is 0.169 e. The second-order valence-electron chi connectivity index (χ2n) is 3.12. The van der Waals surface area contributed by atoms with E-state index in [9.17, 15) is 0 Å². The molecule has 15 heavy (non-hydrogen) atoms. The molecule has 0 aliphatic rings. The van der Waals surface area contributed by atoms with Gasteiger partial charge in [-0.1, -0.05) is 0 Å². The zero-order valence-corrected chi connectivity index (χ0v) is 8.74. The van der Waals surface area contributed by atoms with Crippen LogP contribution in [0.5, 0.6) is 11.5 Å². The van der Waals surface area contributed by atoms with E-state index in [0.29, 0.717) is 18.1 Å². The van der Waals surface area contributed by atoms with Gasteiger partial charge in [-0.25, -0.2) is 0 Å². The summed E-state index contributed by atoms with van der Waals surface area (Å²) < 4.78 is 15.9. The van der Waals surface area contributed by atoms with Crippen LogP contribution in [0.2, 0.25) is 0 Å². The number of ether oxygens (including phenoxy) is 2. The van der Waals surface area contributed by atoms with Crippen molar-refractivity contribution in [3.05, 3.63) is 24.0 Å². The van der Waals surface area contributed by atoms with Gasteiger partial charge in [0.05, 0.1) is 26.2 Å². The first kappa shape index (κ1) is 9.86. The van der Waals surface area contributed by atoms with Crippen molar-refractivity contribution in [1.29, 1.82) is 0 Å². The summed E-state index contributed by atoms with van der Waals surface area (Å²) in [6.07, 6.45) is 0. The Morgan fingerprint density at radius 2 is 2.07 bits per heavy atom. The number of fused-ring (bicyclic) bond motifs is 1. The van der Waals surface area contributed by atoms with Crippen molar-refractivity contribution in [1.82, 2.24) is 0 Å². The highest BCUT2D eigenvalue weighted by Crippen LogP contribution is 2.34. The second kappa shape index (κ2) is 3.82. The summed E-state index contributed by atoms with van der Waals surface area (Å²) in [4.78, 5) is 0. The molecule has 4 nitrogen and oxygen atoms in total. The molecule has 2 aromatic rings. The van der Waals surface area contributed by atoms with Crippen molar-refractivity contribution in [3.8, 4) is 11.5 Å². The molecule has 0 bridgehead atoms. The summed E-state index contributed by atoms with van der Waals surface area (Å²) in [5.41, 5.74) is 6.31. The summed E-state index contributed by atoms with van der Waals surface area (Å²) in [6.45, 7) is 0.320. The minimum Gasteiger partial charge on any atom is -0.497 e. The fraction of sp³-hybridized carbons (Fsp3) is 0.273. The topological polar surface area (TPSA) is 57.6 Å². The largest absolute Gasteiger partial charge is 0.497 e. The van der Waals surface area contributed by atoms with Crippen LogP contribution in [-0.4, -0.2) is 14.2 Å². The summed E-state index contributed by atoms with van der Waals surface area (Å²) >= 11 is 0. The maximum absolute atomic E-state index is 5.56. The van der Waals surface area contributed by atoms with Crippen molar-refractivity contribution < 1.29 is 13.9 Å². The summed E-state index contributed by atoms with van der Waals surface area (Å²) in [5.74, 6) is 2.11. The lowest BCUT2D eigenvalue weighted by atomic mass is 10.2. The zero-order valence-electron chi connectivity index (χ0n) is 8.74. The molecule has 1 aromatic carbocycles. The Labute approximate surface area is 87.6 Å². The van der Waals surface area contributed by atoms with Crippen LogP contribution in [0.25, 0.3) is 11.0 Å². The van der Waals surface area contributed by atoms with Crippen LogP contribution in [0.15, 0.2) is 22.6 Å². The number of methoxy groups -OCH3 is 2. The van der Waals surface area contributed by atoms with E-state index in [4.69, 9.17) is 19.6 Å². The Hall–Kier alpha value is -1.68. The van der Waals surface area contributed by atoms with Gasteiger partial charge in [-0.2, -0.15) is 0 Å². The van der Waals surface area contributed by atoms with Gasteiger partial charge < -0.3 is 19.6 Å². The SMILES string of the molecule is COc1ccc2oc(CN)c(OC)c2c1. The van der Waals surface area contributed by atoms with Gasteiger partial charge in [-0.3, -0.25) is 0 Å². The molecule has 0 unspecified atom stereocenters. The number of hydrogen-bond acceptors (Lipinski definition) is 4.